The molecule has 3 nitrogen and oxygen atoms in total. The van der Waals surface area contributed by atoms with Crippen molar-refractivity contribution in [2.24, 2.45) is 0 Å². The second-order valence-corrected chi connectivity index (χ2v) is 4.14. The first-order valence-electron chi connectivity index (χ1n) is 6.17. The zero-order valence-electron chi connectivity index (χ0n) is 10.4. The van der Waals surface area contributed by atoms with E-state index in [0.717, 1.165) is 29.9 Å². The van der Waals surface area contributed by atoms with Crippen molar-refractivity contribution in [3.63, 3.8) is 0 Å². The Bertz CT molecular complexity index is 412. The molecule has 0 aromatic heterocycles. The normalized spacial score (nSPS) is 15.2. The van der Waals surface area contributed by atoms with Crippen LogP contribution in [0.4, 0.5) is 0 Å². The van der Waals surface area contributed by atoms with Gasteiger partial charge in [-0.25, -0.2) is 0 Å². The van der Waals surface area contributed by atoms with Crippen LogP contribution in [0.25, 0.3) is 0 Å². The summed E-state index contributed by atoms with van der Waals surface area (Å²) in [5.74, 6) is 0.982. The third-order valence-electron chi connectivity index (χ3n) is 3.01. The van der Waals surface area contributed by atoms with E-state index in [1.165, 1.54) is 0 Å². The quantitative estimate of drug-likeness (QED) is 0.735. The van der Waals surface area contributed by atoms with Gasteiger partial charge < -0.3 is 9.47 Å². The van der Waals surface area contributed by atoms with Crippen molar-refractivity contribution in [1.82, 2.24) is 0 Å². The molecule has 0 bridgehead atoms. The molecule has 0 amide bonds. The topological polar surface area (TPSA) is 35.5 Å². The molecule has 1 aromatic carbocycles. The van der Waals surface area contributed by atoms with Gasteiger partial charge in [-0.15, -0.1) is 0 Å². The number of rotatable bonds is 5. The van der Waals surface area contributed by atoms with Crippen LogP contribution < -0.4 is 4.74 Å². The van der Waals surface area contributed by atoms with E-state index in [4.69, 9.17) is 9.47 Å². The Balaban J connectivity index is 2.19. The Hall–Kier alpha value is -1.35. The first-order valence-corrected chi connectivity index (χ1v) is 6.17. The molecule has 0 saturated heterocycles. The van der Waals surface area contributed by atoms with Gasteiger partial charge in [0, 0.05) is 18.6 Å². The molecule has 92 valence electrons. The molecule has 0 radical (unpaired) electrons. The van der Waals surface area contributed by atoms with Crippen molar-refractivity contribution in [3.05, 3.63) is 29.3 Å². The van der Waals surface area contributed by atoms with E-state index in [2.05, 4.69) is 0 Å². The minimum Gasteiger partial charge on any atom is -0.493 e. The highest BCUT2D eigenvalue weighted by molar-refractivity contribution is 5.99. The lowest BCUT2D eigenvalue weighted by molar-refractivity contribution is 0.0444. The van der Waals surface area contributed by atoms with Gasteiger partial charge in [0.05, 0.1) is 6.61 Å². The summed E-state index contributed by atoms with van der Waals surface area (Å²) >= 11 is 0. The SMILES string of the molecule is CCOC(CC)C(=O)c1ccc2c(c1)CCO2. The van der Waals surface area contributed by atoms with E-state index < -0.39 is 0 Å². The second-order valence-electron chi connectivity index (χ2n) is 4.14. The van der Waals surface area contributed by atoms with E-state index >= 15 is 0 Å². The smallest absolute Gasteiger partial charge is 0.191 e. The number of ketones is 1. The molecule has 3 heteroatoms. The van der Waals surface area contributed by atoms with Crippen molar-refractivity contribution < 1.29 is 14.3 Å². The van der Waals surface area contributed by atoms with Crippen LogP contribution in [0.15, 0.2) is 18.2 Å². The lowest BCUT2D eigenvalue weighted by Crippen LogP contribution is -2.23. The van der Waals surface area contributed by atoms with Crippen molar-refractivity contribution in [2.45, 2.75) is 32.8 Å². The number of hydrogen-bond donors (Lipinski definition) is 0. The molecule has 0 N–H and O–H groups in total. The van der Waals surface area contributed by atoms with Crippen LogP contribution in [0.2, 0.25) is 0 Å². The average molecular weight is 234 g/mol. The van der Waals surface area contributed by atoms with E-state index in [9.17, 15) is 4.79 Å². The predicted molar refractivity (Wildman–Crippen MR) is 65.7 cm³/mol. The molecule has 1 aliphatic rings. The number of benzene rings is 1. The maximum absolute atomic E-state index is 12.2. The van der Waals surface area contributed by atoms with Gasteiger partial charge in [0.1, 0.15) is 11.9 Å². The van der Waals surface area contributed by atoms with Crippen LogP contribution in [0, 0.1) is 0 Å². The highest BCUT2D eigenvalue weighted by Crippen LogP contribution is 2.26. The third-order valence-corrected chi connectivity index (χ3v) is 3.01. The number of fused-ring (bicyclic) bond motifs is 1. The lowest BCUT2D eigenvalue weighted by atomic mass is 10.0. The molecule has 1 atom stereocenters. The van der Waals surface area contributed by atoms with Crippen LogP contribution in [-0.4, -0.2) is 25.1 Å². The zero-order valence-corrected chi connectivity index (χ0v) is 10.4. The number of carbonyl (C=O) groups is 1. The number of Topliss-reactive ketones (excluding diaryl/α,β-unsaturated/α-hetero) is 1. The van der Waals surface area contributed by atoms with Gasteiger partial charge in [0.15, 0.2) is 5.78 Å². The Morgan fingerprint density at radius 3 is 3.00 bits per heavy atom. The Kier molecular flexibility index (Phi) is 3.79. The number of carbonyl (C=O) groups excluding carboxylic acids is 1. The molecule has 1 aromatic rings. The van der Waals surface area contributed by atoms with Gasteiger partial charge in [0.25, 0.3) is 0 Å². The monoisotopic (exact) mass is 234 g/mol. The van der Waals surface area contributed by atoms with Gasteiger partial charge in [0.2, 0.25) is 0 Å². The minimum atomic E-state index is -0.319. The molecular formula is C14H18O3. The van der Waals surface area contributed by atoms with Crippen LogP contribution >= 0.6 is 0 Å². The summed E-state index contributed by atoms with van der Waals surface area (Å²) in [5.41, 5.74) is 1.86. The van der Waals surface area contributed by atoms with Crippen molar-refractivity contribution >= 4 is 5.78 Å². The first kappa shape index (κ1) is 12.1. The summed E-state index contributed by atoms with van der Waals surface area (Å²) in [6.45, 7) is 5.16. The van der Waals surface area contributed by atoms with E-state index in [-0.39, 0.29) is 11.9 Å². The summed E-state index contributed by atoms with van der Waals surface area (Å²) in [5, 5.41) is 0. The molecule has 0 saturated carbocycles. The summed E-state index contributed by atoms with van der Waals surface area (Å²) in [6, 6.07) is 5.65. The summed E-state index contributed by atoms with van der Waals surface area (Å²) in [6.07, 6.45) is 1.28. The Morgan fingerprint density at radius 1 is 1.47 bits per heavy atom. The molecular weight excluding hydrogens is 216 g/mol. The molecule has 1 heterocycles. The first-order chi connectivity index (χ1) is 8.26. The van der Waals surface area contributed by atoms with Crippen LogP contribution in [-0.2, 0) is 11.2 Å². The predicted octanol–water partition coefficient (Wildman–Crippen LogP) is 2.62. The highest BCUT2D eigenvalue weighted by atomic mass is 16.5. The molecule has 0 fully saturated rings. The van der Waals surface area contributed by atoms with E-state index in [0.29, 0.717) is 13.0 Å². The maximum atomic E-state index is 12.2. The van der Waals surface area contributed by atoms with Crippen LogP contribution in [0.3, 0.4) is 0 Å². The van der Waals surface area contributed by atoms with E-state index in [1.54, 1.807) is 0 Å². The van der Waals surface area contributed by atoms with E-state index in [1.807, 2.05) is 32.0 Å². The van der Waals surface area contributed by atoms with Crippen molar-refractivity contribution in [2.75, 3.05) is 13.2 Å². The fourth-order valence-electron chi connectivity index (χ4n) is 2.11. The second kappa shape index (κ2) is 5.32. The molecule has 0 spiro atoms. The van der Waals surface area contributed by atoms with Crippen LogP contribution in [0.5, 0.6) is 5.75 Å². The molecule has 1 unspecified atom stereocenters. The largest absolute Gasteiger partial charge is 0.493 e. The van der Waals surface area contributed by atoms with Gasteiger partial charge in [-0.05, 0) is 37.1 Å². The summed E-state index contributed by atoms with van der Waals surface area (Å²) in [4.78, 5) is 12.2. The van der Waals surface area contributed by atoms with Crippen molar-refractivity contribution in [1.29, 1.82) is 0 Å². The standard InChI is InChI=1S/C14H18O3/c1-3-12(16-4-2)14(15)11-5-6-13-10(9-11)7-8-17-13/h5-6,9,12H,3-4,7-8H2,1-2H3. The fraction of sp³-hybridized carbons (Fsp3) is 0.500. The van der Waals surface area contributed by atoms with Gasteiger partial charge in [-0.2, -0.15) is 0 Å². The van der Waals surface area contributed by atoms with Gasteiger partial charge in [-0.3, -0.25) is 4.79 Å². The number of ether oxygens (including phenoxy) is 2. The molecule has 1 aliphatic heterocycles. The minimum absolute atomic E-state index is 0.0732. The van der Waals surface area contributed by atoms with Gasteiger partial charge >= 0.3 is 0 Å². The number of hydrogen-bond acceptors (Lipinski definition) is 3. The molecule has 17 heavy (non-hydrogen) atoms. The Labute approximate surface area is 102 Å². The van der Waals surface area contributed by atoms with Gasteiger partial charge in [-0.1, -0.05) is 6.92 Å². The van der Waals surface area contributed by atoms with Crippen LogP contribution in [0.1, 0.15) is 36.2 Å². The summed E-state index contributed by atoms with van der Waals surface area (Å²) in [7, 11) is 0. The lowest BCUT2D eigenvalue weighted by Gasteiger charge is -2.14. The molecule has 2 rings (SSSR count). The highest BCUT2D eigenvalue weighted by Gasteiger charge is 2.21. The van der Waals surface area contributed by atoms with Crippen molar-refractivity contribution in [3.8, 4) is 5.75 Å². The summed E-state index contributed by atoms with van der Waals surface area (Å²) < 4.78 is 10.9. The average Bonchev–Trinajstić information content (AvgIpc) is 2.82. The third kappa shape index (κ3) is 2.50. The molecule has 0 aliphatic carbocycles. The fourth-order valence-corrected chi connectivity index (χ4v) is 2.11. The Morgan fingerprint density at radius 2 is 2.29 bits per heavy atom. The maximum Gasteiger partial charge on any atom is 0.191 e. The zero-order chi connectivity index (χ0) is 12.3.